The number of nitrogens with zero attached hydrogens (tertiary/aromatic N) is 2. The van der Waals surface area contributed by atoms with E-state index in [0.29, 0.717) is 17.8 Å². The molecule has 1 aliphatic rings. The van der Waals surface area contributed by atoms with E-state index < -0.39 is 17.5 Å². The highest BCUT2D eigenvalue weighted by Crippen LogP contribution is 2.27. The minimum absolute atomic E-state index is 0.0928. The van der Waals surface area contributed by atoms with E-state index in [1.807, 2.05) is 0 Å². The van der Waals surface area contributed by atoms with Gasteiger partial charge in [-0.1, -0.05) is 11.3 Å². The number of thiazole rings is 1. The van der Waals surface area contributed by atoms with Crippen LogP contribution >= 0.6 is 11.3 Å². The Bertz CT molecular complexity index is 710. The molecule has 2 aromatic rings. The number of amides is 3. The molecule has 0 radical (unpaired) electrons. The van der Waals surface area contributed by atoms with Gasteiger partial charge in [0.25, 0.3) is 0 Å². The van der Waals surface area contributed by atoms with Gasteiger partial charge in [-0.15, -0.1) is 0 Å². The van der Waals surface area contributed by atoms with Gasteiger partial charge in [0.05, 0.1) is 10.2 Å². The molecule has 1 aliphatic heterocycles. The summed E-state index contributed by atoms with van der Waals surface area (Å²) in [6, 6.07) is 1.74. The van der Waals surface area contributed by atoms with Crippen LogP contribution in [-0.2, 0) is 4.79 Å². The molecule has 1 aromatic heterocycles. The molecule has 0 aliphatic carbocycles. The van der Waals surface area contributed by atoms with E-state index in [1.165, 1.54) is 4.90 Å². The van der Waals surface area contributed by atoms with Crippen LogP contribution in [0.3, 0.4) is 0 Å². The quantitative estimate of drug-likeness (QED) is 0.905. The van der Waals surface area contributed by atoms with Crippen LogP contribution in [0, 0.1) is 11.6 Å². The molecule has 3 rings (SSSR count). The van der Waals surface area contributed by atoms with Crippen LogP contribution < -0.4 is 10.6 Å². The summed E-state index contributed by atoms with van der Waals surface area (Å²) >= 11 is 1.04. The number of halogens is 2. The van der Waals surface area contributed by atoms with Crippen LogP contribution in [0.5, 0.6) is 0 Å². The fraction of sp³-hybridized carbons (Fsp3) is 0.308. The summed E-state index contributed by atoms with van der Waals surface area (Å²) < 4.78 is 26.7. The van der Waals surface area contributed by atoms with Crippen molar-refractivity contribution in [3.8, 4) is 0 Å². The van der Waals surface area contributed by atoms with Gasteiger partial charge in [-0.3, -0.25) is 4.79 Å². The number of aromatic nitrogens is 1. The summed E-state index contributed by atoms with van der Waals surface area (Å²) in [6.45, 7) is 1.02. The Morgan fingerprint density at radius 2 is 2.18 bits per heavy atom. The van der Waals surface area contributed by atoms with Crippen LogP contribution in [-0.4, -0.2) is 41.5 Å². The number of nitrogens with one attached hydrogen (secondary N) is 2. The first-order valence-electron chi connectivity index (χ1n) is 6.61. The molecule has 9 heteroatoms. The van der Waals surface area contributed by atoms with Crippen molar-refractivity contribution in [3.63, 3.8) is 0 Å². The first-order chi connectivity index (χ1) is 10.5. The third-order valence-electron chi connectivity index (χ3n) is 3.18. The lowest BCUT2D eigenvalue weighted by Gasteiger charge is -2.26. The molecule has 1 saturated heterocycles. The molecule has 1 aromatic carbocycles. The minimum atomic E-state index is -0.985. The Kier molecular flexibility index (Phi) is 3.88. The second-order valence-electron chi connectivity index (χ2n) is 4.81. The molecule has 0 spiro atoms. The van der Waals surface area contributed by atoms with Crippen LogP contribution in [0.2, 0.25) is 0 Å². The molecule has 2 N–H and O–H groups in total. The van der Waals surface area contributed by atoms with Crippen molar-refractivity contribution in [2.24, 2.45) is 0 Å². The third kappa shape index (κ3) is 2.98. The van der Waals surface area contributed by atoms with Gasteiger partial charge in [-0.05, 0) is 12.5 Å². The van der Waals surface area contributed by atoms with Crippen molar-refractivity contribution >= 4 is 38.6 Å². The first-order valence-corrected chi connectivity index (χ1v) is 7.43. The maximum Gasteiger partial charge on any atom is 0.317 e. The number of hydrogen-bond donors (Lipinski definition) is 2. The maximum absolute atomic E-state index is 13.1. The Labute approximate surface area is 128 Å². The van der Waals surface area contributed by atoms with Crippen LogP contribution in [0.1, 0.15) is 6.42 Å². The molecule has 0 bridgehead atoms. The number of anilines is 1. The number of fused-ring (bicyclic) bond motifs is 1. The molecule has 0 saturated carbocycles. The summed E-state index contributed by atoms with van der Waals surface area (Å²) in [5, 5.41) is 5.42. The van der Waals surface area contributed by atoms with Gasteiger partial charge in [0.1, 0.15) is 6.54 Å². The lowest BCUT2D eigenvalue weighted by Crippen LogP contribution is -2.49. The van der Waals surface area contributed by atoms with Crippen LogP contribution in [0.4, 0.5) is 18.7 Å². The van der Waals surface area contributed by atoms with E-state index in [4.69, 9.17) is 0 Å². The van der Waals surface area contributed by atoms with E-state index in [9.17, 15) is 18.4 Å². The SMILES string of the molecule is O=C(CN1CCCNC1=O)Nc1nc2cc(F)c(F)cc2s1. The number of benzene rings is 1. The first kappa shape index (κ1) is 14.6. The fourth-order valence-corrected chi connectivity index (χ4v) is 3.03. The highest BCUT2D eigenvalue weighted by molar-refractivity contribution is 7.22. The van der Waals surface area contributed by atoms with Gasteiger partial charge in [0.15, 0.2) is 16.8 Å². The van der Waals surface area contributed by atoms with Crippen molar-refractivity contribution in [1.82, 2.24) is 15.2 Å². The second kappa shape index (κ2) is 5.84. The zero-order valence-corrected chi connectivity index (χ0v) is 12.2. The van der Waals surface area contributed by atoms with Crippen molar-refractivity contribution in [2.45, 2.75) is 6.42 Å². The zero-order valence-electron chi connectivity index (χ0n) is 11.4. The van der Waals surface area contributed by atoms with Crippen LogP contribution in [0.15, 0.2) is 12.1 Å². The van der Waals surface area contributed by atoms with E-state index in [-0.39, 0.29) is 23.2 Å². The van der Waals surface area contributed by atoms with Gasteiger partial charge >= 0.3 is 6.03 Å². The van der Waals surface area contributed by atoms with E-state index in [1.54, 1.807) is 0 Å². The molecule has 116 valence electrons. The predicted molar refractivity (Wildman–Crippen MR) is 77.8 cm³/mol. The molecule has 6 nitrogen and oxygen atoms in total. The average Bonchev–Trinajstić information content (AvgIpc) is 2.83. The van der Waals surface area contributed by atoms with E-state index >= 15 is 0 Å². The van der Waals surface area contributed by atoms with E-state index in [2.05, 4.69) is 15.6 Å². The summed E-state index contributed by atoms with van der Waals surface area (Å²) in [5.74, 6) is -2.35. The average molecular weight is 326 g/mol. The largest absolute Gasteiger partial charge is 0.338 e. The summed E-state index contributed by atoms with van der Waals surface area (Å²) in [4.78, 5) is 28.9. The summed E-state index contributed by atoms with van der Waals surface area (Å²) in [7, 11) is 0. The smallest absolute Gasteiger partial charge is 0.317 e. The van der Waals surface area contributed by atoms with Crippen LogP contribution in [0.25, 0.3) is 10.2 Å². The van der Waals surface area contributed by atoms with Crippen molar-refractivity contribution in [1.29, 1.82) is 0 Å². The van der Waals surface area contributed by atoms with Crippen molar-refractivity contribution in [3.05, 3.63) is 23.8 Å². The molecular weight excluding hydrogens is 314 g/mol. The molecule has 0 atom stereocenters. The van der Waals surface area contributed by atoms with Crippen molar-refractivity contribution < 1.29 is 18.4 Å². The Morgan fingerprint density at radius 3 is 2.95 bits per heavy atom. The highest BCUT2D eigenvalue weighted by atomic mass is 32.1. The van der Waals surface area contributed by atoms with Gasteiger partial charge in [-0.2, -0.15) is 0 Å². The van der Waals surface area contributed by atoms with Gasteiger partial charge in [0.2, 0.25) is 5.91 Å². The maximum atomic E-state index is 13.1. The predicted octanol–water partition coefficient (Wildman–Crippen LogP) is 1.93. The standard InChI is InChI=1S/C13H12F2N4O2S/c14-7-4-9-10(5-8(7)15)22-12(17-9)18-11(20)6-19-3-1-2-16-13(19)21/h4-5H,1-3,6H2,(H,16,21)(H,17,18,20). The normalized spacial score (nSPS) is 15.0. The Balaban J connectivity index is 1.69. The van der Waals surface area contributed by atoms with Crippen molar-refractivity contribution in [2.75, 3.05) is 25.0 Å². The topological polar surface area (TPSA) is 74.3 Å². The fourth-order valence-electron chi connectivity index (χ4n) is 2.14. The number of rotatable bonds is 3. The zero-order chi connectivity index (χ0) is 15.7. The monoisotopic (exact) mass is 326 g/mol. The highest BCUT2D eigenvalue weighted by Gasteiger charge is 2.20. The number of urea groups is 1. The minimum Gasteiger partial charge on any atom is -0.338 e. The molecular formula is C13H12F2N4O2S. The van der Waals surface area contributed by atoms with Gasteiger partial charge < -0.3 is 15.5 Å². The van der Waals surface area contributed by atoms with Gasteiger partial charge in [0, 0.05) is 19.2 Å². The molecule has 22 heavy (non-hydrogen) atoms. The summed E-state index contributed by atoms with van der Waals surface area (Å²) in [6.07, 6.45) is 0.776. The number of hydrogen-bond acceptors (Lipinski definition) is 4. The summed E-state index contributed by atoms with van der Waals surface area (Å²) in [5.41, 5.74) is 0.273. The molecule has 3 amide bonds. The van der Waals surface area contributed by atoms with Gasteiger partial charge in [-0.25, -0.2) is 18.6 Å². The second-order valence-corrected chi connectivity index (χ2v) is 5.84. The third-order valence-corrected chi connectivity index (χ3v) is 4.11. The molecule has 2 heterocycles. The Morgan fingerprint density at radius 1 is 1.41 bits per heavy atom. The molecule has 0 unspecified atom stereocenters. The molecule has 1 fully saturated rings. The number of carbonyl (C=O) groups excluding carboxylic acids is 2. The Hall–Kier alpha value is -2.29. The van der Waals surface area contributed by atoms with E-state index in [0.717, 1.165) is 29.9 Å². The number of carbonyl (C=O) groups is 2. The lowest BCUT2D eigenvalue weighted by molar-refractivity contribution is -0.116. The lowest BCUT2D eigenvalue weighted by atomic mass is 10.3.